The molecule has 0 aromatic heterocycles. The van der Waals surface area contributed by atoms with Crippen LogP contribution in [0.5, 0.6) is 5.75 Å². The average Bonchev–Trinajstić information content (AvgIpc) is 2.48. The largest absolute Gasteiger partial charge is 0.492 e. The molecule has 3 nitrogen and oxygen atoms in total. The van der Waals surface area contributed by atoms with Gasteiger partial charge in [-0.3, -0.25) is 4.90 Å². The highest BCUT2D eigenvalue weighted by atomic mass is 16.5. The Labute approximate surface area is 121 Å². The SMILES string of the molecule is CC1CCN(CCOc2cccc(C#CCO)c2)CC1. The van der Waals surface area contributed by atoms with Crippen molar-refractivity contribution in [1.29, 1.82) is 0 Å². The van der Waals surface area contributed by atoms with Crippen molar-refractivity contribution in [1.82, 2.24) is 4.90 Å². The van der Waals surface area contributed by atoms with E-state index in [2.05, 4.69) is 23.7 Å². The first-order valence-electron chi connectivity index (χ1n) is 7.33. The first kappa shape index (κ1) is 14.9. The van der Waals surface area contributed by atoms with Crippen molar-refractivity contribution in [2.75, 3.05) is 32.8 Å². The molecule has 0 radical (unpaired) electrons. The van der Waals surface area contributed by atoms with Gasteiger partial charge in [0.1, 0.15) is 19.0 Å². The van der Waals surface area contributed by atoms with E-state index in [0.29, 0.717) is 6.61 Å². The second-order valence-corrected chi connectivity index (χ2v) is 5.36. The number of likely N-dealkylation sites (tertiary alicyclic amines) is 1. The second kappa shape index (κ2) is 7.94. The Morgan fingerprint density at radius 1 is 1.35 bits per heavy atom. The second-order valence-electron chi connectivity index (χ2n) is 5.36. The molecule has 1 N–H and O–H groups in total. The molecule has 0 spiro atoms. The van der Waals surface area contributed by atoms with Gasteiger partial charge in [-0.05, 0) is 50.0 Å². The summed E-state index contributed by atoms with van der Waals surface area (Å²) in [6.07, 6.45) is 2.60. The van der Waals surface area contributed by atoms with Gasteiger partial charge < -0.3 is 9.84 Å². The van der Waals surface area contributed by atoms with Crippen molar-refractivity contribution >= 4 is 0 Å². The van der Waals surface area contributed by atoms with Gasteiger partial charge in [0.25, 0.3) is 0 Å². The number of ether oxygens (including phenoxy) is 1. The summed E-state index contributed by atoms with van der Waals surface area (Å²) >= 11 is 0. The molecule has 1 aromatic carbocycles. The Bertz CT molecular complexity index is 467. The quantitative estimate of drug-likeness (QED) is 0.853. The van der Waals surface area contributed by atoms with Crippen LogP contribution in [0, 0.1) is 17.8 Å². The van der Waals surface area contributed by atoms with Crippen LogP contribution in [0.2, 0.25) is 0 Å². The molecular weight excluding hydrogens is 250 g/mol. The Morgan fingerprint density at radius 2 is 2.15 bits per heavy atom. The van der Waals surface area contributed by atoms with E-state index < -0.39 is 0 Å². The molecule has 0 amide bonds. The van der Waals surface area contributed by atoms with Gasteiger partial charge in [0.15, 0.2) is 0 Å². The minimum atomic E-state index is -0.113. The number of hydrogen-bond donors (Lipinski definition) is 1. The van der Waals surface area contributed by atoms with E-state index in [1.165, 1.54) is 25.9 Å². The Hall–Kier alpha value is -1.50. The molecule has 1 saturated heterocycles. The summed E-state index contributed by atoms with van der Waals surface area (Å²) in [5.41, 5.74) is 0.878. The smallest absolute Gasteiger partial charge is 0.120 e. The molecule has 1 heterocycles. The number of benzene rings is 1. The van der Waals surface area contributed by atoms with E-state index in [9.17, 15) is 0 Å². The summed E-state index contributed by atoms with van der Waals surface area (Å²) in [5, 5.41) is 8.69. The van der Waals surface area contributed by atoms with Crippen LogP contribution in [0.25, 0.3) is 0 Å². The lowest BCUT2D eigenvalue weighted by molar-refractivity contribution is 0.160. The third kappa shape index (κ3) is 4.88. The normalized spacial score (nSPS) is 16.5. The summed E-state index contributed by atoms with van der Waals surface area (Å²) in [4.78, 5) is 2.47. The molecule has 1 aromatic rings. The monoisotopic (exact) mass is 273 g/mol. The zero-order valence-corrected chi connectivity index (χ0v) is 12.1. The van der Waals surface area contributed by atoms with Gasteiger partial charge >= 0.3 is 0 Å². The number of piperidine rings is 1. The maximum atomic E-state index is 8.69. The van der Waals surface area contributed by atoms with Gasteiger partial charge in [-0.1, -0.05) is 24.8 Å². The van der Waals surface area contributed by atoms with Crippen LogP contribution in [0.15, 0.2) is 24.3 Å². The van der Waals surface area contributed by atoms with E-state index in [1.54, 1.807) is 0 Å². The first-order chi connectivity index (χ1) is 9.78. The van der Waals surface area contributed by atoms with Crippen LogP contribution in [-0.2, 0) is 0 Å². The Morgan fingerprint density at radius 3 is 2.90 bits per heavy atom. The fraction of sp³-hybridized carbons (Fsp3) is 0.529. The van der Waals surface area contributed by atoms with Gasteiger partial charge in [-0.25, -0.2) is 0 Å². The topological polar surface area (TPSA) is 32.7 Å². The van der Waals surface area contributed by atoms with Crippen LogP contribution < -0.4 is 4.74 Å². The molecule has 0 atom stereocenters. The molecule has 0 bridgehead atoms. The van der Waals surface area contributed by atoms with Crippen LogP contribution in [0.1, 0.15) is 25.3 Å². The summed E-state index contributed by atoms with van der Waals surface area (Å²) in [6, 6.07) is 7.71. The van der Waals surface area contributed by atoms with Gasteiger partial charge in [0.2, 0.25) is 0 Å². The van der Waals surface area contributed by atoms with E-state index in [1.807, 2.05) is 24.3 Å². The molecule has 1 fully saturated rings. The lowest BCUT2D eigenvalue weighted by Crippen LogP contribution is -2.35. The number of aliphatic hydroxyl groups excluding tert-OH is 1. The van der Waals surface area contributed by atoms with E-state index in [4.69, 9.17) is 9.84 Å². The van der Waals surface area contributed by atoms with Crippen molar-refractivity contribution in [3.63, 3.8) is 0 Å². The summed E-state index contributed by atoms with van der Waals surface area (Å²) in [5.74, 6) is 7.25. The maximum Gasteiger partial charge on any atom is 0.120 e. The molecule has 1 aliphatic heterocycles. The van der Waals surface area contributed by atoms with Crippen molar-refractivity contribution in [3.05, 3.63) is 29.8 Å². The van der Waals surface area contributed by atoms with E-state index in [0.717, 1.165) is 23.8 Å². The van der Waals surface area contributed by atoms with Crippen LogP contribution >= 0.6 is 0 Å². The zero-order valence-electron chi connectivity index (χ0n) is 12.1. The molecule has 0 unspecified atom stereocenters. The van der Waals surface area contributed by atoms with Crippen LogP contribution in [-0.4, -0.2) is 42.9 Å². The summed E-state index contributed by atoms with van der Waals surface area (Å²) < 4.78 is 5.78. The highest BCUT2D eigenvalue weighted by Gasteiger charge is 2.14. The fourth-order valence-corrected chi connectivity index (χ4v) is 2.38. The predicted octanol–water partition coefficient (Wildman–Crippen LogP) is 2.14. The van der Waals surface area contributed by atoms with Gasteiger partial charge in [0.05, 0.1) is 0 Å². The van der Waals surface area contributed by atoms with Crippen molar-refractivity contribution in [2.45, 2.75) is 19.8 Å². The number of rotatable bonds is 4. The lowest BCUT2D eigenvalue weighted by atomic mass is 9.99. The van der Waals surface area contributed by atoms with Crippen LogP contribution in [0.3, 0.4) is 0 Å². The molecule has 3 heteroatoms. The molecule has 108 valence electrons. The van der Waals surface area contributed by atoms with E-state index in [-0.39, 0.29) is 6.61 Å². The summed E-state index contributed by atoms with van der Waals surface area (Å²) in [6.45, 7) is 6.29. The molecule has 0 saturated carbocycles. The maximum absolute atomic E-state index is 8.69. The fourth-order valence-electron chi connectivity index (χ4n) is 2.38. The Kier molecular flexibility index (Phi) is 5.91. The molecule has 20 heavy (non-hydrogen) atoms. The van der Waals surface area contributed by atoms with Crippen molar-refractivity contribution in [2.24, 2.45) is 5.92 Å². The molecule has 1 aliphatic rings. The lowest BCUT2D eigenvalue weighted by Gasteiger charge is -2.29. The van der Waals surface area contributed by atoms with Gasteiger partial charge in [0, 0.05) is 12.1 Å². The highest BCUT2D eigenvalue weighted by Crippen LogP contribution is 2.16. The van der Waals surface area contributed by atoms with Crippen molar-refractivity contribution < 1.29 is 9.84 Å². The summed E-state index contributed by atoms with van der Waals surface area (Å²) in [7, 11) is 0. The standard InChI is InChI=1S/C17H23NO2/c1-15-7-9-18(10-8-15)11-13-20-17-6-2-4-16(14-17)5-3-12-19/h2,4,6,14-15,19H,7-13H2,1H3. The Balaban J connectivity index is 1.76. The predicted molar refractivity (Wildman–Crippen MR) is 80.7 cm³/mol. The minimum absolute atomic E-state index is 0.113. The highest BCUT2D eigenvalue weighted by molar-refractivity contribution is 5.39. The third-order valence-corrected chi connectivity index (χ3v) is 3.70. The van der Waals surface area contributed by atoms with E-state index >= 15 is 0 Å². The van der Waals surface area contributed by atoms with Gasteiger partial charge in [-0.15, -0.1) is 0 Å². The minimum Gasteiger partial charge on any atom is -0.492 e. The van der Waals surface area contributed by atoms with Gasteiger partial charge in [-0.2, -0.15) is 0 Å². The number of nitrogens with zero attached hydrogens (tertiary/aromatic N) is 1. The molecular formula is C17H23NO2. The van der Waals surface area contributed by atoms with Crippen LogP contribution in [0.4, 0.5) is 0 Å². The molecule has 0 aliphatic carbocycles. The number of hydrogen-bond acceptors (Lipinski definition) is 3. The van der Waals surface area contributed by atoms with Crippen molar-refractivity contribution in [3.8, 4) is 17.6 Å². The number of aliphatic hydroxyl groups is 1. The average molecular weight is 273 g/mol. The zero-order chi connectivity index (χ0) is 14.2. The first-order valence-corrected chi connectivity index (χ1v) is 7.33. The molecule has 2 rings (SSSR count). The third-order valence-electron chi connectivity index (χ3n) is 3.70.